The van der Waals surface area contributed by atoms with Gasteiger partial charge in [-0.25, -0.2) is 0 Å². The number of aromatic nitrogens is 1. The average Bonchev–Trinajstić information content (AvgIpc) is 2.55. The van der Waals surface area contributed by atoms with Gasteiger partial charge in [-0.05, 0) is 22.4 Å². The van der Waals surface area contributed by atoms with E-state index in [1.54, 1.807) is 0 Å². The van der Waals surface area contributed by atoms with E-state index in [0.717, 1.165) is 10.9 Å². The van der Waals surface area contributed by atoms with Crippen molar-refractivity contribution in [1.29, 1.82) is 0 Å². The third-order valence-corrected chi connectivity index (χ3v) is 5.14. The van der Waals surface area contributed by atoms with Crippen molar-refractivity contribution in [3.8, 4) is 0 Å². The molecule has 2 aromatic carbocycles. The van der Waals surface area contributed by atoms with Gasteiger partial charge in [-0.3, -0.25) is 0 Å². The Morgan fingerprint density at radius 2 is 1.82 bits per heavy atom. The summed E-state index contributed by atoms with van der Waals surface area (Å²) in [4.78, 5) is 4.54. The smallest absolute Gasteiger partial charge is 0.0161 e. The molecule has 1 aliphatic rings. The van der Waals surface area contributed by atoms with Crippen molar-refractivity contribution in [3.63, 3.8) is 0 Å². The van der Waals surface area contributed by atoms with Crippen molar-refractivity contribution < 1.29 is 20.1 Å². The summed E-state index contributed by atoms with van der Waals surface area (Å²) in [6, 6.07) is 16.6. The van der Waals surface area contributed by atoms with Crippen molar-refractivity contribution in [3.05, 3.63) is 54.2 Å². The molecule has 22 heavy (non-hydrogen) atoms. The average molecular weight is 467 g/mol. The van der Waals surface area contributed by atoms with Crippen LogP contribution in [0, 0.1) is 6.07 Å². The van der Waals surface area contributed by atoms with Crippen molar-refractivity contribution in [2.24, 2.45) is 0 Å². The van der Waals surface area contributed by atoms with Gasteiger partial charge in [0.15, 0.2) is 0 Å². The molecule has 0 bridgehead atoms. The van der Waals surface area contributed by atoms with Gasteiger partial charge < -0.3 is 4.98 Å². The molecule has 1 fully saturated rings. The molecule has 0 N–H and O–H groups in total. The summed E-state index contributed by atoms with van der Waals surface area (Å²) >= 11 is 0. The van der Waals surface area contributed by atoms with Crippen LogP contribution in [0.25, 0.3) is 21.7 Å². The topological polar surface area (TPSA) is 12.9 Å². The Hall–Kier alpha value is -1.24. The van der Waals surface area contributed by atoms with Crippen LogP contribution in [0.2, 0.25) is 0 Å². The molecular weight excluding hydrogens is 446 g/mol. The molecule has 0 spiro atoms. The molecular formula is C20H20IrN-. The van der Waals surface area contributed by atoms with Crippen LogP contribution in [-0.2, 0) is 25.5 Å². The third kappa shape index (κ3) is 2.59. The quantitative estimate of drug-likeness (QED) is 0.345. The van der Waals surface area contributed by atoms with Gasteiger partial charge in [-0.1, -0.05) is 57.2 Å². The third-order valence-electron chi connectivity index (χ3n) is 5.14. The van der Waals surface area contributed by atoms with Gasteiger partial charge in [0.1, 0.15) is 0 Å². The molecule has 1 radical (unpaired) electrons. The van der Waals surface area contributed by atoms with Crippen LogP contribution in [-0.4, -0.2) is 4.98 Å². The number of fused-ring (bicyclic) bond motifs is 3. The minimum atomic E-state index is 0. The molecule has 115 valence electrons. The predicted octanol–water partition coefficient (Wildman–Crippen LogP) is 5.41. The van der Waals surface area contributed by atoms with Gasteiger partial charge in [-0.2, -0.15) is 0 Å². The first-order valence-electron chi connectivity index (χ1n) is 7.96. The molecule has 0 atom stereocenters. The number of hydrogen-bond donors (Lipinski definition) is 0. The predicted molar refractivity (Wildman–Crippen MR) is 88.5 cm³/mol. The van der Waals surface area contributed by atoms with Gasteiger partial charge in [0.25, 0.3) is 0 Å². The summed E-state index contributed by atoms with van der Waals surface area (Å²) in [5.74, 6) is 0. The fourth-order valence-corrected chi connectivity index (χ4v) is 3.76. The van der Waals surface area contributed by atoms with Crippen LogP contribution in [0.5, 0.6) is 0 Å². The van der Waals surface area contributed by atoms with E-state index in [1.807, 2.05) is 12.3 Å². The molecule has 1 aromatic heterocycles. The summed E-state index contributed by atoms with van der Waals surface area (Å²) < 4.78 is 0. The van der Waals surface area contributed by atoms with Crippen molar-refractivity contribution in [2.45, 2.75) is 44.4 Å². The second-order valence-electron chi connectivity index (χ2n) is 6.61. The van der Waals surface area contributed by atoms with Gasteiger partial charge in [-0.15, -0.1) is 34.5 Å². The first-order chi connectivity index (χ1) is 10.3. The zero-order valence-electron chi connectivity index (χ0n) is 12.9. The SMILES string of the molecule is CC1(c2c[c-]c3c(ccc4cccnc43)c2)CCCCC1.[Ir]. The van der Waals surface area contributed by atoms with Crippen LogP contribution in [0.3, 0.4) is 0 Å². The zero-order chi connectivity index (χ0) is 14.3. The maximum Gasteiger partial charge on any atom is 0.0161 e. The maximum atomic E-state index is 4.54. The number of rotatable bonds is 1. The first-order valence-corrected chi connectivity index (χ1v) is 7.96. The fourth-order valence-electron chi connectivity index (χ4n) is 3.76. The first kappa shape index (κ1) is 15.6. The maximum absolute atomic E-state index is 4.54. The van der Waals surface area contributed by atoms with Crippen LogP contribution in [0.15, 0.2) is 42.6 Å². The van der Waals surface area contributed by atoms with Crippen LogP contribution >= 0.6 is 0 Å². The second kappa shape index (κ2) is 6.10. The van der Waals surface area contributed by atoms with E-state index in [0.29, 0.717) is 5.41 Å². The largest absolute Gasteiger partial charge is 0.304 e. The Morgan fingerprint density at radius 3 is 2.64 bits per heavy atom. The van der Waals surface area contributed by atoms with Gasteiger partial charge in [0.2, 0.25) is 0 Å². The summed E-state index contributed by atoms with van der Waals surface area (Å²) in [6.45, 7) is 2.42. The monoisotopic (exact) mass is 467 g/mol. The van der Waals surface area contributed by atoms with Crippen molar-refractivity contribution in [1.82, 2.24) is 4.98 Å². The second-order valence-corrected chi connectivity index (χ2v) is 6.61. The molecule has 1 saturated carbocycles. The minimum absolute atomic E-state index is 0. The number of pyridine rings is 1. The van der Waals surface area contributed by atoms with Crippen LogP contribution in [0.1, 0.15) is 44.6 Å². The van der Waals surface area contributed by atoms with E-state index in [9.17, 15) is 0 Å². The van der Waals surface area contributed by atoms with Crippen molar-refractivity contribution >= 4 is 21.7 Å². The standard InChI is InChI=1S/C20H20N.Ir/c1-20(11-3-2-4-12-20)17-9-10-18-16(14-17)8-7-15-6-5-13-21-19(15)18;/h5-9,13-14H,2-4,11-12H2,1H3;/q-1;. The normalized spacial score (nSPS) is 17.3. The molecule has 1 heterocycles. The molecule has 0 aliphatic heterocycles. The van der Waals surface area contributed by atoms with E-state index < -0.39 is 0 Å². The molecule has 3 aromatic rings. The molecule has 1 nitrogen and oxygen atoms in total. The number of benzene rings is 2. The molecule has 0 amide bonds. The molecule has 0 saturated heterocycles. The molecule has 0 unspecified atom stereocenters. The Balaban J connectivity index is 0.00000144. The Morgan fingerprint density at radius 1 is 1.05 bits per heavy atom. The summed E-state index contributed by atoms with van der Waals surface area (Å²) in [6.07, 6.45) is 8.57. The summed E-state index contributed by atoms with van der Waals surface area (Å²) in [7, 11) is 0. The number of hydrogen-bond acceptors (Lipinski definition) is 1. The van der Waals surface area contributed by atoms with Crippen LogP contribution < -0.4 is 0 Å². The summed E-state index contributed by atoms with van der Waals surface area (Å²) in [5, 5.41) is 3.61. The Labute approximate surface area is 145 Å². The zero-order valence-corrected chi connectivity index (χ0v) is 15.3. The van der Waals surface area contributed by atoms with E-state index in [2.05, 4.69) is 48.3 Å². The Kier molecular flexibility index (Phi) is 4.34. The minimum Gasteiger partial charge on any atom is -0.304 e. The van der Waals surface area contributed by atoms with E-state index in [-0.39, 0.29) is 20.1 Å². The van der Waals surface area contributed by atoms with Gasteiger partial charge >= 0.3 is 0 Å². The molecule has 1 aliphatic carbocycles. The van der Waals surface area contributed by atoms with E-state index in [4.69, 9.17) is 0 Å². The van der Waals surface area contributed by atoms with Crippen molar-refractivity contribution in [2.75, 3.05) is 0 Å². The van der Waals surface area contributed by atoms with E-state index in [1.165, 1.54) is 48.4 Å². The number of nitrogens with zero attached hydrogens (tertiary/aromatic N) is 1. The van der Waals surface area contributed by atoms with Gasteiger partial charge in [0.05, 0.1) is 0 Å². The van der Waals surface area contributed by atoms with Gasteiger partial charge in [0, 0.05) is 26.3 Å². The summed E-state index contributed by atoms with van der Waals surface area (Å²) in [5.41, 5.74) is 2.85. The van der Waals surface area contributed by atoms with E-state index >= 15 is 0 Å². The molecule has 4 rings (SSSR count). The van der Waals surface area contributed by atoms with Crippen LogP contribution in [0.4, 0.5) is 0 Å². The Bertz CT molecular complexity index is 803. The molecule has 2 heteroatoms. The fraction of sp³-hybridized carbons (Fsp3) is 0.350.